The highest BCUT2D eigenvalue weighted by molar-refractivity contribution is 7.80. The molecule has 0 spiro atoms. The number of halogens is 1. The maximum Gasteiger partial charge on any atom is 0.230 e. The molecule has 2 N–H and O–H groups in total. The predicted molar refractivity (Wildman–Crippen MR) is 147 cm³/mol. The average Bonchev–Trinajstić information content (AvgIpc) is 3.30. The van der Waals surface area contributed by atoms with Crippen LogP contribution in [0.5, 0.6) is 11.5 Å². The summed E-state index contributed by atoms with van der Waals surface area (Å²) in [6.45, 7) is 4.10. The largest absolute Gasteiger partial charge is 0.453 e. The Balaban J connectivity index is 1.22. The molecule has 10 heteroatoms. The molecule has 2 aromatic heterocycles. The lowest BCUT2D eigenvalue weighted by Gasteiger charge is -2.25. The second kappa shape index (κ2) is 11.7. The van der Waals surface area contributed by atoms with Gasteiger partial charge in [-0.3, -0.25) is 14.7 Å². The Bertz CT molecular complexity index is 1410. The summed E-state index contributed by atoms with van der Waals surface area (Å²) in [5.41, 5.74) is 2.10. The molecule has 1 saturated heterocycles. The van der Waals surface area contributed by atoms with E-state index in [2.05, 4.69) is 26.6 Å². The van der Waals surface area contributed by atoms with E-state index in [1.807, 2.05) is 30.3 Å². The van der Waals surface area contributed by atoms with Crippen molar-refractivity contribution in [1.29, 1.82) is 0 Å². The predicted octanol–water partition coefficient (Wildman–Crippen LogP) is 5.12. The first kappa shape index (κ1) is 25.2. The lowest BCUT2D eigenvalue weighted by molar-refractivity contribution is -0.119. The molecule has 1 aliphatic heterocycles. The minimum Gasteiger partial charge on any atom is -0.453 e. The molecule has 37 heavy (non-hydrogen) atoms. The normalized spacial score (nSPS) is 13.9. The van der Waals surface area contributed by atoms with Crippen molar-refractivity contribution >= 4 is 50.5 Å². The number of hydrogen-bond acceptors (Lipinski definition) is 7. The molecule has 190 valence electrons. The Labute approximate surface area is 223 Å². The molecule has 0 aliphatic carbocycles. The van der Waals surface area contributed by atoms with Gasteiger partial charge in [0.05, 0.1) is 29.9 Å². The second-order valence-electron chi connectivity index (χ2n) is 8.54. The zero-order valence-corrected chi connectivity index (χ0v) is 21.5. The van der Waals surface area contributed by atoms with Gasteiger partial charge in [0, 0.05) is 48.5 Å². The van der Waals surface area contributed by atoms with E-state index in [0.717, 1.165) is 48.6 Å². The van der Waals surface area contributed by atoms with E-state index >= 15 is 0 Å². The summed E-state index contributed by atoms with van der Waals surface area (Å²) < 4.78 is 27.2. The number of pyridine rings is 1. The number of fused-ring (bicyclic) bond motifs is 1. The van der Waals surface area contributed by atoms with Gasteiger partial charge >= 0.3 is 0 Å². The van der Waals surface area contributed by atoms with Crippen LogP contribution >= 0.6 is 23.6 Å². The molecule has 4 aromatic rings. The number of ether oxygens (including phenoxy) is 2. The van der Waals surface area contributed by atoms with Crippen molar-refractivity contribution in [2.75, 3.05) is 31.6 Å². The average molecular weight is 537 g/mol. The molecule has 0 saturated carbocycles. The fourth-order valence-corrected chi connectivity index (χ4v) is 5.33. The molecule has 0 atom stereocenters. The number of carbonyl (C=O) groups excluding carboxylic acids is 1. The molecule has 1 fully saturated rings. The number of morpholine rings is 1. The number of amides is 1. The number of anilines is 1. The number of rotatable bonds is 7. The van der Waals surface area contributed by atoms with Crippen LogP contribution < -0.4 is 15.4 Å². The van der Waals surface area contributed by atoms with Crippen LogP contribution in [0.4, 0.5) is 10.1 Å². The van der Waals surface area contributed by atoms with Crippen molar-refractivity contribution in [3.63, 3.8) is 0 Å². The summed E-state index contributed by atoms with van der Waals surface area (Å²) in [7, 11) is 0. The smallest absolute Gasteiger partial charge is 0.230 e. The molecule has 7 nitrogen and oxygen atoms in total. The highest BCUT2D eigenvalue weighted by atomic mass is 32.1. The number of benzene rings is 2. The summed E-state index contributed by atoms with van der Waals surface area (Å²) >= 11 is 6.81. The van der Waals surface area contributed by atoms with Crippen LogP contribution in [-0.4, -0.2) is 47.2 Å². The van der Waals surface area contributed by atoms with Crippen molar-refractivity contribution in [2.45, 2.75) is 13.0 Å². The number of carbonyl (C=O) groups is 1. The second-order valence-corrected chi connectivity index (χ2v) is 10.1. The highest BCUT2D eigenvalue weighted by Gasteiger charge is 2.16. The maximum atomic E-state index is 14.9. The summed E-state index contributed by atoms with van der Waals surface area (Å²) in [5.74, 6) is -0.181. The van der Waals surface area contributed by atoms with Crippen LogP contribution in [0.15, 0.2) is 66.9 Å². The van der Waals surface area contributed by atoms with Gasteiger partial charge in [-0.15, -0.1) is 11.3 Å². The summed E-state index contributed by atoms with van der Waals surface area (Å²) in [5, 5.41) is 5.55. The first-order valence-corrected chi connectivity index (χ1v) is 13.1. The Morgan fingerprint density at radius 2 is 1.92 bits per heavy atom. The van der Waals surface area contributed by atoms with Crippen LogP contribution in [0.25, 0.3) is 10.2 Å². The standard InChI is InChI=1S/C27H25FN4O3S2/c28-21-15-19(30-27(36)31-25(33)14-18-4-2-1-3-5-18)6-7-23(21)35-24-8-9-29-22-16-20(37-26(22)24)17-32-10-12-34-13-11-32/h1-9,15-16H,10-14,17H2,(H2,30,31,33,36). The van der Waals surface area contributed by atoms with E-state index in [0.29, 0.717) is 11.4 Å². The monoisotopic (exact) mass is 536 g/mol. The van der Waals surface area contributed by atoms with Gasteiger partial charge < -0.3 is 20.1 Å². The fourth-order valence-electron chi connectivity index (χ4n) is 4.00. The van der Waals surface area contributed by atoms with Gasteiger partial charge in [0.25, 0.3) is 0 Å². The minimum atomic E-state index is -0.557. The number of nitrogens with one attached hydrogen (secondary N) is 2. The third kappa shape index (κ3) is 6.66. The topological polar surface area (TPSA) is 75.7 Å². The van der Waals surface area contributed by atoms with Crippen LogP contribution in [0.1, 0.15) is 10.4 Å². The number of thiocarbonyl (C=S) groups is 1. The van der Waals surface area contributed by atoms with E-state index < -0.39 is 5.82 Å². The molecule has 1 amide bonds. The van der Waals surface area contributed by atoms with Gasteiger partial charge in [-0.1, -0.05) is 30.3 Å². The van der Waals surface area contributed by atoms with Crippen LogP contribution in [-0.2, 0) is 22.5 Å². The zero-order valence-electron chi connectivity index (χ0n) is 19.9. The van der Waals surface area contributed by atoms with Crippen LogP contribution in [0.2, 0.25) is 0 Å². The van der Waals surface area contributed by atoms with Gasteiger partial charge in [0.2, 0.25) is 5.91 Å². The number of nitrogens with zero attached hydrogens (tertiary/aromatic N) is 2. The van der Waals surface area contributed by atoms with Gasteiger partial charge in [-0.05, 0) is 36.0 Å². The quantitative estimate of drug-likeness (QED) is 0.318. The van der Waals surface area contributed by atoms with Crippen LogP contribution in [0, 0.1) is 5.82 Å². The first-order chi connectivity index (χ1) is 18.0. The number of aromatic nitrogens is 1. The Morgan fingerprint density at radius 3 is 2.70 bits per heavy atom. The number of hydrogen-bond donors (Lipinski definition) is 2. The lowest BCUT2D eigenvalue weighted by Crippen LogP contribution is -2.35. The maximum absolute atomic E-state index is 14.9. The van der Waals surface area contributed by atoms with Crippen molar-refractivity contribution in [3.05, 3.63) is 83.1 Å². The third-order valence-corrected chi connectivity index (χ3v) is 7.11. The van der Waals surface area contributed by atoms with Crippen molar-refractivity contribution in [3.8, 4) is 11.5 Å². The van der Waals surface area contributed by atoms with E-state index in [1.165, 1.54) is 17.0 Å². The van der Waals surface area contributed by atoms with E-state index in [-0.39, 0.29) is 23.2 Å². The molecule has 0 bridgehead atoms. The molecule has 2 aromatic carbocycles. The zero-order chi connectivity index (χ0) is 25.6. The van der Waals surface area contributed by atoms with Crippen LogP contribution in [0.3, 0.4) is 0 Å². The molecule has 0 radical (unpaired) electrons. The SMILES string of the molecule is O=C(Cc1ccccc1)NC(=S)Nc1ccc(Oc2ccnc3cc(CN4CCOCC4)sc23)c(F)c1. The molecule has 5 rings (SSSR count). The Hall–Kier alpha value is -3.44. The first-order valence-electron chi connectivity index (χ1n) is 11.8. The molecule has 0 unspecified atom stereocenters. The molecular formula is C27H25FN4O3S2. The van der Waals surface area contributed by atoms with E-state index in [1.54, 1.807) is 29.7 Å². The molecule has 1 aliphatic rings. The van der Waals surface area contributed by atoms with E-state index in [4.69, 9.17) is 21.7 Å². The minimum absolute atomic E-state index is 0.0835. The third-order valence-electron chi connectivity index (χ3n) is 5.78. The lowest BCUT2D eigenvalue weighted by atomic mass is 10.1. The summed E-state index contributed by atoms with van der Waals surface area (Å²) in [6, 6.07) is 17.6. The van der Waals surface area contributed by atoms with Crippen molar-refractivity contribution in [1.82, 2.24) is 15.2 Å². The summed E-state index contributed by atoms with van der Waals surface area (Å²) in [6.07, 6.45) is 1.86. The Kier molecular flexibility index (Phi) is 8.00. The number of thiophene rings is 1. The van der Waals surface area contributed by atoms with Gasteiger partial charge in [-0.25, -0.2) is 4.39 Å². The molecular weight excluding hydrogens is 511 g/mol. The Morgan fingerprint density at radius 1 is 1.11 bits per heavy atom. The van der Waals surface area contributed by atoms with Gasteiger partial charge in [0.1, 0.15) is 5.75 Å². The molecule has 3 heterocycles. The fraction of sp³-hybridized carbons (Fsp3) is 0.222. The van der Waals surface area contributed by atoms with Gasteiger partial charge in [0.15, 0.2) is 16.7 Å². The van der Waals surface area contributed by atoms with Gasteiger partial charge in [-0.2, -0.15) is 0 Å². The highest BCUT2D eigenvalue weighted by Crippen LogP contribution is 2.36. The summed E-state index contributed by atoms with van der Waals surface area (Å²) in [4.78, 5) is 20.2. The van der Waals surface area contributed by atoms with Crippen molar-refractivity contribution < 1.29 is 18.7 Å². The van der Waals surface area contributed by atoms with E-state index in [9.17, 15) is 9.18 Å². The van der Waals surface area contributed by atoms with Crippen molar-refractivity contribution in [2.24, 2.45) is 0 Å².